The number of hydrogen-bond donors (Lipinski definition) is 0. The van der Waals surface area contributed by atoms with Gasteiger partial charge in [-0.05, 0) is 61.7 Å². The fraction of sp³-hybridized carbons (Fsp3) is 0.478. The van der Waals surface area contributed by atoms with Gasteiger partial charge in [0.25, 0.3) is 10.1 Å². The van der Waals surface area contributed by atoms with E-state index in [1.165, 1.54) is 25.0 Å². The summed E-state index contributed by atoms with van der Waals surface area (Å²) < 4.78 is 44.0. The average Bonchev–Trinajstić information content (AvgIpc) is 2.74. The third-order valence-corrected chi connectivity index (χ3v) is 6.96. The summed E-state index contributed by atoms with van der Waals surface area (Å²) in [5, 5.41) is 0. The highest BCUT2D eigenvalue weighted by molar-refractivity contribution is 7.86. The van der Waals surface area contributed by atoms with E-state index in [1.807, 2.05) is 12.1 Å². The molecule has 0 saturated carbocycles. The van der Waals surface area contributed by atoms with Crippen molar-refractivity contribution >= 4 is 10.1 Å². The molecule has 1 heterocycles. The monoisotopic (exact) mass is 419 g/mol. The predicted octanol–water partition coefficient (Wildman–Crippen LogP) is 4.83. The zero-order valence-corrected chi connectivity index (χ0v) is 17.8. The van der Waals surface area contributed by atoms with Crippen molar-refractivity contribution in [3.63, 3.8) is 0 Å². The van der Waals surface area contributed by atoms with Crippen LogP contribution in [0, 0.1) is 11.7 Å². The van der Waals surface area contributed by atoms with Gasteiger partial charge < -0.3 is 4.90 Å². The van der Waals surface area contributed by atoms with E-state index in [2.05, 4.69) is 11.8 Å². The van der Waals surface area contributed by atoms with Gasteiger partial charge >= 0.3 is 0 Å². The first kappa shape index (κ1) is 21.9. The Kier molecular flexibility index (Phi) is 7.81. The first-order valence-corrected chi connectivity index (χ1v) is 11.8. The molecule has 0 amide bonds. The molecule has 158 valence electrons. The Balaban J connectivity index is 1.72. The number of nitrogens with zero attached hydrogens (tertiary/aromatic N) is 1. The molecule has 0 bridgehead atoms. The minimum absolute atomic E-state index is 0.0364. The Morgan fingerprint density at radius 3 is 2.48 bits per heavy atom. The molecule has 4 nitrogen and oxygen atoms in total. The highest BCUT2D eigenvalue weighted by Crippen LogP contribution is 2.34. The number of unbranched alkanes of at least 4 members (excludes halogenated alkanes) is 2. The summed E-state index contributed by atoms with van der Waals surface area (Å²) in [7, 11) is -3.79. The Morgan fingerprint density at radius 1 is 1.07 bits per heavy atom. The first-order chi connectivity index (χ1) is 14.0. The van der Waals surface area contributed by atoms with Crippen LogP contribution < -0.4 is 0 Å². The maximum absolute atomic E-state index is 13.4. The van der Waals surface area contributed by atoms with Gasteiger partial charge in [0.15, 0.2) is 0 Å². The Bertz CT molecular complexity index is 855. The number of piperidine rings is 1. The van der Waals surface area contributed by atoms with Crippen LogP contribution in [0.1, 0.15) is 44.1 Å². The Morgan fingerprint density at radius 2 is 1.79 bits per heavy atom. The van der Waals surface area contributed by atoms with Gasteiger partial charge in [0, 0.05) is 12.5 Å². The van der Waals surface area contributed by atoms with Crippen LogP contribution in [0.2, 0.25) is 0 Å². The fourth-order valence-electron chi connectivity index (χ4n) is 4.05. The number of likely N-dealkylation sites (tertiary alicyclic amines) is 1. The Labute approximate surface area is 173 Å². The van der Waals surface area contributed by atoms with Crippen LogP contribution in [0.15, 0.2) is 59.5 Å². The molecule has 1 aliphatic rings. The molecule has 1 fully saturated rings. The van der Waals surface area contributed by atoms with Gasteiger partial charge in [0.05, 0.1) is 11.5 Å². The molecule has 0 spiro atoms. The van der Waals surface area contributed by atoms with Crippen molar-refractivity contribution in [1.29, 1.82) is 0 Å². The second-order valence-corrected chi connectivity index (χ2v) is 9.38. The fourth-order valence-corrected chi connectivity index (χ4v) is 5.03. The van der Waals surface area contributed by atoms with Crippen LogP contribution in [0.25, 0.3) is 0 Å². The van der Waals surface area contributed by atoms with E-state index in [0.717, 1.165) is 38.0 Å². The van der Waals surface area contributed by atoms with E-state index in [4.69, 9.17) is 4.18 Å². The summed E-state index contributed by atoms with van der Waals surface area (Å²) in [4.78, 5) is 2.58. The summed E-state index contributed by atoms with van der Waals surface area (Å²) in [5.41, 5.74) is 1.05. The van der Waals surface area contributed by atoms with E-state index in [0.29, 0.717) is 0 Å². The highest BCUT2D eigenvalue weighted by Gasteiger charge is 2.32. The van der Waals surface area contributed by atoms with Crippen molar-refractivity contribution in [3.8, 4) is 0 Å². The summed E-state index contributed by atoms with van der Waals surface area (Å²) in [6.45, 7) is 5.09. The molecule has 29 heavy (non-hydrogen) atoms. The maximum Gasteiger partial charge on any atom is 0.296 e. The van der Waals surface area contributed by atoms with Crippen LogP contribution in [-0.2, 0) is 14.3 Å². The summed E-state index contributed by atoms with van der Waals surface area (Å²) in [6, 6.07) is 14.8. The standard InChI is InChI=1S/C23H30FNO3S/c1-2-3-7-15-25-16-14-23(19-10-12-21(24)13-11-19)20(17-25)18-28-29(26,27)22-8-5-4-6-9-22/h4-6,8-13,20,23H,2-3,7,14-18H2,1H3/t20-,23-/m1/s1. The molecule has 1 saturated heterocycles. The lowest BCUT2D eigenvalue weighted by Crippen LogP contribution is -2.42. The lowest BCUT2D eigenvalue weighted by molar-refractivity contribution is 0.112. The van der Waals surface area contributed by atoms with Crippen LogP contribution in [0.5, 0.6) is 0 Å². The van der Waals surface area contributed by atoms with Crippen molar-refractivity contribution in [3.05, 3.63) is 66.0 Å². The number of rotatable bonds is 9. The molecule has 1 aliphatic heterocycles. The zero-order valence-electron chi connectivity index (χ0n) is 17.0. The lowest BCUT2D eigenvalue weighted by atomic mass is 9.81. The molecule has 0 aromatic heterocycles. The molecule has 2 atom stereocenters. The van der Waals surface area contributed by atoms with Crippen LogP contribution >= 0.6 is 0 Å². The quantitative estimate of drug-likeness (QED) is 0.432. The van der Waals surface area contributed by atoms with Gasteiger partial charge in [0.2, 0.25) is 0 Å². The van der Waals surface area contributed by atoms with E-state index in [-0.39, 0.29) is 29.2 Å². The normalized spacial score (nSPS) is 20.6. The maximum atomic E-state index is 13.4. The first-order valence-electron chi connectivity index (χ1n) is 10.4. The van der Waals surface area contributed by atoms with E-state index in [9.17, 15) is 12.8 Å². The van der Waals surface area contributed by atoms with Gasteiger partial charge in [-0.2, -0.15) is 8.42 Å². The minimum Gasteiger partial charge on any atom is -0.303 e. The van der Waals surface area contributed by atoms with Crippen LogP contribution in [-0.4, -0.2) is 39.6 Å². The van der Waals surface area contributed by atoms with Crippen LogP contribution in [0.3, 0.4) is 0 Å². The molecule has 0 unspecified atom stereocenters. The van der Waals surface area contributed by atoms with Crippen molar-refractivity contribution < 1.29 is 17.0 Å². The van der Waals surface area contributed by atoms with Gasteiger partial charge in [-0.15, -0.1) is 0 Å². The average molecular weight is 420 g/mol. The van der Waals surface area contributed by atoms with Crippen LogP contribution in [0.4, 0.5) is 4.39 Å². The topological polar surface area (TPSA) is 46.6 Å². The largest absolute Gasteiger partial charge is 0.303 e. The molecule has 2 aromatic carbocycles. The second-order valence-electron chi connectivity index (χ2n) is 7.77. The minimum atomic E-state index is -3.79. The van der Waals surface area contributed by atoms with Crippen molar-refractivity contribution in [2.24, 2.45) is 5.92 Å². The third kappa shape index (κ3) is 6.11. The second kappa shape index (κ2) is 10.3. The lowest BCUT2D eigenvalue weighted by Gasteiger charge is -2.38. The van der Waals surface area contributed by atoms with Gasteiger partial charge in [-0.25, -0.2) is 4.39 Å². The third-order valence-electron chi connectivity index (χ3n) is 5.66. The number of hydrogen-bond acceptors (Lipinski definition) is 4. The molecule has 2 aromatic rings. The van der Waals surface area contributed by atoms with Gasteiger partial charge in [0.1, 0.15) is 5.82 Å². The Hall–Kier alpha value is -1.76. The molecular weight excluding hydrogens is 389 g/mol. The molecular formula is C23H30FNO3S. The van der Waals surface area contributed by atoms with Gasteiger partial charge in [-0.1, -0.05) is 50.1 Å². The molecule has 0 radical (unpaired) electrons. The zero-order chi connectivity index (χ0) is 20.7. The SMILES string of the molecule is CCCCCN1CC[C@H](c2ccc(F)cc2)[C@@H](COS(=O)(=O)c2ccccc2)C1. The smallest absolute Gasteiger partial charge is 0.296 e. The molecule has 6 heteroatoms. The van der Waals surface area contributed by atoms with Crippen molar-refractivity contribution in [2.75, 3.05) is 26.2 Å². The molecule has 0 N–H and O–H groups in total. The number of halogens is 1. The van der Waals surface area contributed by atoms with Gasteiger partial charge in [-0.3, -0.25) is 4.18 Å². The molecule has 0 aliphatic carbocycles. The van der Waals surface area contributed by atoms with Crippen molar-refractivity contribution in [1.82, 2.24) is 4.90 Å². The summed E-state index contributed by atoms with van der Waals surface area (Å²) in [5.74, 6) is -0.0662. The van der Waals surface area contributed by atoms with E-state index >= 15 is 0 Å². The predicted molar refractivity (Wildman–Crippen MR) is 113 cm³/mol. The number of benzene rings is 2. The summed E-state index contributed by atoms with van der Waals surface area (Å²) >= 11 is 0. The summed E-state index contributed by atoms with van der Waals surface area (Å²) in [6.07, 6.45) is 4.43. The van der Waals surface area contributed by atoms with E-state index < -0.39 is 10.1 Å². The molecule has 3 rings (SSSR count). The highest BCUT2D eigenvalue weighted by atomic mass is 32.2. The van der Waals surface area contributed by atoms with E-state index in [1.54, 1.807) is 30.3 Å². The van der Waals surface area contributed by atoms with Crippen molar-refractivity contribution in [2.45, 2.75) is 43.4 Å².